The van der Waals surface area contributed by atoms with Crippen LogP contribution >= 0.6 is 46.0 Å². The number of fused-ring (bicyclic) bond motifs is 2. The van der Waals surface area contributed by atoms with Crippen molar-refractivity contribution in [3.8, 4) is 0 Å². The van der Waals surface area contributed by atoms with E-state index in [1.165, 1.54) is 28.5 Å². The maximum Gasteiger partial charge on any atom is 0.276 e. The second kappa shape index (κ2) is 11.9. The molecule has 5 rings (SSSR count). The van der Waals surface area contributed by atoms with Gasteiger partial charge in [-0.05, 0) is 6.07 Å². The van der Waals surface area contributed by atoms with Crippen molar-refractivity contribution in [1.29, 1.82) is 0 Å². The molecule has 1 fully saturated rings. The number of nitrogen functional groups attached to an aromatic ring is 1. The van der Waals surface area contributed by atoms with Crippen molar-refractivity contribution in [2.24, 2.45) is 5.16 Å². The van der Waals surface area contributed by atoms with Crippen LogP contribution in [0.25, 0.3) is 10.2 Å². The zero-order valence-corrected chi connectivity index (χ0v) is 24.1. The van der Waals surface area contributed by atoms with Crippen LogP contribution in [-0.4, -0.2) is 63.6 Å². The van der Waals surface area contributed by atoms with Gasteiger partial charge in [0.25, 0.3) is 16.6 Å². The summed E-state index contributed by atoms with van der Waals surface area (Å²) in [5.41, 5.74) is 6.47. The van der Waals surface area contributed by atoms with Crippen molar-refractivity contribution in [2.45, 2.75) is 18.0 Å². The fourth-order valence-electron chi connectivity index (χ4n) is 4.33. The minimum atomic E-state index is -1.50. The van der Waals surface area contributed by atoms with E-state index in [1.54, 1.807) is 17.6 Å². The molecule has 2 atom stereocenters. The number of carboxylic acid groups (broad SMARTS) is 1. The molecule has 41 heavy (non-hydrogen) atoms. The van der Waals surface area contributed by atoms with E-state index in [4.69, 9.17) is 22.2 Å². The second-order valence-electron chi connectivity index (χ2n) is 8.67. The molecule has 3 aromatic heterocycles. The third-order valence-corrected chi connectivity index (χ3v) is 9.21. The standard InChI is InChI=1S/C24H20ClN7O6S3/c1-11(25)6-38-30-16(15-9-41-24(26)28-15)19(34)29-17-20(35)32-18(23(36)37)12(7-39-22(17)32)5-31-4-2-3-13-14(27-10-33)8-40-21(13)31/h2-4,8-10,17,22H,1,5-7H2,(H4-,26,27,28,29,33,34,36,37)/b30-16-/t17?,22-/m1/s1. The number of pyridine rings is 1. The molecule has 4 N–H and O–H groups in total. The molecule has 3 amide bonds. The quantitative estimate of drug-likeness (QED) is 0.0883. The molecule has 2 aliphatic rings. The highest BCUT2D eigenvalue weighted by molar-refractivity contribution is 8.00. The number of carbonyl (C=O) groups is 4. The van der Waals surface area contributed by atoms with Gasteiger partial charge < -0.3 is 31.1 Å². The maximum absolute atomic E-state index is 13.2. The highest BCUT2D eigenvalue weighted by atomic mass is 35.5. The lowest BCUT2D eigenvalue weighted by Gasteiger charge is -2.50. The summed E-state index contributed by atoms with van der Waals surface area (Å²) in [5, 5.41) is 25.1. The number of aromatic nitrogens is 2. The smallest absolute Gasteiger partial charge is 0.276 e. The monoisotopic (exact) mass is 633 g/mol. The van der Waals surface area contributed by atoms with E-state index < -0.39 is 29.2 Å². The van der Waals surface area contributed by atoms with Crippen LogP contribution in [0.5, 0.6) is 0 Å². The molecule has 5 heterocycles. The van der Waals surface area contributed by atoms with Gasteiger partial charge in [0.15, 0.2) is 30.2 Å². The number of oxime groups is 1. The molecular formula is C24H20ClN7O6S3. The van der Waals surface area contributed by atoms with Gasteiger partial charge in [-0.2, -0.15) is 4.57 Å². The van der Waals surface area contributed by atoms with E-state index >= 15 is 0 Å². The molecule has 212 valence electrons. The largest absolute Gasteiger partial charge is 0.543 e. The number of rotatable bonds is 11. The Labute approximate surface area is 249 Å². The number of thiazole rings is 1. The van der Waals surface area contributed by atoms with Gasteiger partial charge in [-0.1, -0.05) is 34.7 Å². The zero-order chi connectivity index (χ0) is 29.3. The number of halogens is 1. The molecule has 0 radical (unpaired) electrons. The first-order valence-electron chi connectivity index (χ1n) is 11.7. The van der Waals surface area contributed by atoms with E-state index in [1.807, 2.05) is 10.6 Å². The Morgan fingerprint density at radius 1 is 1.39 bits per heavy atom. The number of hydrogen-bond donors (Lipinski definition) is 3. The average molecular weight is 634 g/mol. The molecule has 1 saturated heterocycles. The van der Waals surface area contributed by atoms with Crippen LogP contribution in [0.2, 0.25) is 0 Å². The molecule has 0 aromatic carbocycles. The van der Waals surface area contributed by atoms with Crippen molar-refractivity contribution in [3.63, 3.8) is 0 Å². The van der Waals surface area contributed by atoms with Gasteiger partial charge in [-0.3, -0.25) is 19.3 Å². The van der Waals surface area contributed by atoms with E-state index in [0.29, 0.717) is 17.7 Å². The summed E-state index contributed by atoms with van der Waals surface area (Å²) >= 11 is 9.48. The number of amides is 3. The van der Waals surface area contributed by atoms with Gasteiger partial charge in [-0.15, -0.1) is 23.1 Å². The summed E-state index contributed by atoms with van der Waals surface area (Å²) in [6, 6.07) is 2.60. The number of hydrogen-bond acceptors (Lipinski definition) is 12. The molecular weight excluding hydrogens is 614 g/mol. The van der Waals surface area contributed by atoms with E-state index in [2.05, 4.69) is 27.4 Å². The van der Waals surface area contributed by atoms with Crippen LogP contribution in [0.15, 0.2) is 57.1 Å². The molecule has 13 nitrogen and oxygen atoms in total. The molecule has 0 bridgehead atoms. The van der Waals surface area contributed by atoms with E-state index in [9.17, 15) is 24.3 Å². The summed E-state index contributed by atoms with van der Waals surface area (Å²) < 4.78 is 1.84. The lowest BCUT2D eigenvalue weighted by Crippen LogP contribution is -2.71. The van der Waals surface area contributed by atoms with Crippen LogP contribution in [0.3, 0.4) is 0 Å². The number of nitrogens with zero attached hydrogens (tertiary/aromatic N) is 4. The van der Waals surface area contributed by atoms with Gasteiger partial charge >= 0.3 is 0 Å². The SMILES string of the molecule is C=C(Cl)CO/N=C(\C(=O)NC1C(=O)N2C(C(=O)[O-])=C(C[n+]3cccc4c(NC=O)csc43)CS[C@H]12)c1csc(N)n1. The summed E-state index contributed by atoms with van der Waals surface area (Å²) in [5.74, 6) is -2.61. The normalized spacial score (nSPS) is 18.5. The number of nitrogens with one attached hydrogen (secondary N) is 2. The zero-order valence-electron chi connectivity index (χ0n) is 20.9. The van der Waals surface area contributed by atoms with Gasteiger partial charge in [0.05, 0.1) is 27.8 Å². The minimum absolute atomic E-state index is 0.133. The topological polar surface area (TPSA) is 183 Å². The van der Waals surface area contributed by atoms with Crippen molar-refractivity contribution in [2.75, 3.05) is 23.4 Å². The fourth-order valence-corrected chi connectivity index (χ4v) is 7.25. The first kappa shape index (κ1) is 28.5. The molecule has 17 heteroatoms. The lowest BCUT2D eigenvalue weighted by atomic mass is 10.0. The van der Waals surface area contributed by atoms with Crippen LogP contribution < -0.4 is 26.0 Å². The number of aliphatic carboxylic acids is 1. The highest BCUT2D eigenvalue weighted by Crippen LogP contribution is 2.40. The van der Waals surface area contributed by atoms with Crippen molar-refractivity contribution < 1.29 is 33.7 Å². The van der Waals surface area contributed by atoms with Crippen LogP contribution in [0.1, 0.15) is 5.69 Å². The molecule has 3 aromatic rings. The Morgan fingerprint density at radius 3 is 2.88 bits per heavy atom. The second-order valence-corrected chi connectivity index (χ2v) is 12.1. The van der Waals surface area contributed by atoms with Crippen molar-refractivity contribution >= 4 is 97.0 Å². The average Bonchev–Trinajstić information content (AvgIpc) is 3.56. The lowest BCUT2D eigenvalue weighted by molar-refractivity contribution is -0.661. The van der Waals surface area contributed by atoms with E-state index in [0.717, 1.165) is 26.5 Å². The number of carbonyl (C=O) groups excluding carboxylic acids is 4. The Kier molecular flexibility index (Phi) is 8.25. The number of nitrogens with two attached hydrogens (primary N) is 1. The van der Waals surface area contributed by atoms with Crippen molar-refractivity contribution in [3.05, 3.63) is 57.7 Å². The number of thiophene rings is 1. The van der Waals surface area contributed by atoms with Gasteiger partial charge in [0.2, 0.25) is 6.41 Å². The number of carboxylic acids is 1. The highest BCUT2D eigenvalue weighted by Gasteiger charge is 2.53. The Balaban J connectivity index is 1.37. The molecule has 1 unspecified atom stereocenters. The van der Waals surface area contributed by atoms with Gasteiger partial charge in [0, 0.05) is 28.2 Å². The van der Waals surface area contributed by atoms with Crippen LogP contribution in [-0.2, 0) is 30.6 Å². The first-order valence-corrected chi connectivity index (χ1v) is 14.9. The van der Waals surface area contributed by atoms with Gasteiger partial charge in [-0.25, -0.2) is 4.98 Å². The summed E-state index contributed by atoms with van der Waals surface area (Å²) in [4.78, 5) is 60.6. The van der Waals surface area contributed by atoms with Gasteiger partial charge in [0.1, 0.15) is 17.1 Å². The third-order valence-electron chi connectivity index (χ3n) is 6.06. The first-order chi connectivity index (χ1) is 19.7. The molecule has 0 spiro atoms. The summed E-state index contributed by atoms with van der Waals surface area (Å²) in [7, 11) is 0. The number of β-lactam (4-membered cyclic amide) rings is 1. The molecule has 0 saturated carbocycles. The third kappa shape index (κ3) is 5.63. The van der Waals surface area contributed by atoms with Crippen molar-refractivity contribution in [1.82, 2.24) is 15.2 Å². The number of thioether (sulfide) groups is 1. The number of anilines is 2. The molecule has 0 aliphatic carbocycles. The predicted octanol–water partition coefficient (Wildman–Crippen LogP) is 0.373. The van der Waals surface area contributed by atoms with Crippen LogP contribution in [0.4, 0.5) is 10.8 Å². The predicted molar refractivity (Wildman–Crippen MR) is 153 cm³/mol. The molecule has 2 aliphatic heterocycles. The Morgan fingerprint density at radius 2 is 2.20 bits per heavy atom. The Hall–Kier alpha value is -3.99. The maximum atomic E-state index is 13.2. The summed E-state index contributed by atoms with van der Waals surface area (Å²) in [6.07, 6.45) is 2.37. The Bertz CT molecular complexity index is 1650. The van der Waals surface area contributed by atoms with Crippen LogP contribution in [0, 0.1) is 0 Å². The van der Waals surface area contributed by atoms with E-state index in [-0.39, 0.29) is 46.2 Å². The minimum Gasteiger partial charge on any atom is -0.543 e. The fraction of sp³-hybridized carbons (Fsp3) is 0.208. The summed E-state index contributed by atoms with van der Waals surface area (Å²) in [6.45, 7) is 3.50.